The molecule has 1 unspecified atom stereocenters. The second kappa shape index (κ2) is 20.8. The number of esters is 1. The molecule has 4 saturated heterocycles. The first-order valence-electron chi connectivity index (χ1n) is 23.8. The van der Waals surface area contributed by atoms with Crippen molar-refractivity contribution in [2.45, 2.75) is 198 Å². The zero-order valence-electron chi connectivity index (χ0n) is 40.2. The number of carbonyl (C=O) groups excluding carboxylic acids is 2. The smallest absolute Gasteiger partial charge is 0.316 e. The van der Waals surface area contributed by atoms with E-state index in [-0.39, 0.29) is 61.0 Å². The third-order valence-electron chi connectivity index (χ3n) is 14.9. The zero-order valence-corrected chi connectivity index (χ0v) is 40.2. The molecule has 0 aromatic rings. The van der Waals surface area contributed by atoms with Gasteiger partial charge in [0.1, 0.15) is 35.9 Å². The molecule has 1 amide bonds. The Bertz CT molecular complexity index is 1850. The van der Waals surface area contributed by atoms with Gasteiger partial charge < -0.3 is 62.9 Å². The van der Waals surface area contributed by atoms with E-state index in [1.807, 2.05) is 39.0 Å². The van der Waals surface area contributed by atoms with E-state index in [1.54, 1.807) is 33.3 Å². The molecule has 15 heteroatoms. The first kappa shape index (κ1) is 50.1. The van der Waals surface area contributed by atoms with Gasteiger partial charge in [0.25, 0.3) is 0 Å². The molecule has 6 heterocycles. The van der Waals surface area contributed by atoms with Gasteiger partial charge in [-0.25, -0.2) is 0 Å². The van der Waals surface area contributed by atoms with Crippen LogP contribution in [0.5, 0.6) is 0 Å². The lowest BCUT2D eigenvalue weighted by molar-refractivity contribution is -0.311. The van der Waals surface area contributed by atoms with Crippen LogP contribution in [-0.4, -0.2) is 140 Å². The van der Waals surface area contributed by atoms with Crippen LogP contribution in [0.15, 0.2) is 59.3 Å². The van der Waals surface area contributed by atoms with Crippen molar-refractivity contribution in [2.75, 3.05) is 20.8 Å². The maximum absolute atomic E-state index is 14.4. The third kappa shape index (κ3) is 10.6. The third-order valence-corrected chi connectivity index (χ3v) is 14.9. The van der Waals surface area contributed by atoms with Crippen LogP contribution in [0.1, 0.15) is 101 Å². The molecule has 1 spiro atoms. The van der Waals surface area contributed by atoms with Crippen molar-refractivity contribution in [3.63, 3.8) is 0 Å². The molecule has 0 radical (unpaired) electrons. The number of nitrogens with one attached hydrogen (secondary N) is 1. The number of aliphatic hydroxyl groups excluding tert-OH is 1. The first-order chi connectivity index (χ1) is 30.9. The van der Waals surface area contributed by atoms with Crippen LogP contribution in [0.25, 0.3) is 0 Å². The van der Waals surface area contributed by atoms with Crippen molar-refractivity contribution >= 4 is 11.9 Å². The van der Waals surface area contributed by atoms with E-state index in [9.17, 15) is 19.8 Å². The number of rotatable bonds is 9. The number of carbonyl (C=O) groups is 2. The van der Waals surface area contributed by atoms with Gasteiger partial charge >= 0.3 is 5.97 Å². The molecule has 15 nitrogen and oxygen atoms in total. The van der Waals surface area contributed by atoms with Crippen LogP contribution in [0.4, 0.5) is 0 Å². The van der Waals surface area contributed by atoms with Crippen molar-refractivity contribution in [1.29, 1.82) is 0 Å². The SMILES string of the molecule is CC[C@@H](C)[C@@H]1OC2(C=C[C@H]1C)C[C@@H]1C[C@H](C/C=C(\C)[C@H](O[C@H]3C[C@H](OC)[C@H](O[C@H]4C[C@H](OC)[C@H](NC(C)=O)[C@H](C)O4)[C@H](C)O3)[C@H](C)/C=C/C=C3\CO[C@H]4[C@H](O)C(C)=C[C@@H](C(=O)O1)[C@@]34O)O2. The fourth-order valence-corrected chi connectivity index (χ4v) is 11.0. The standard InChI is InChI=1S/C50H75NO14/c1-12-26(2)45-29(5)18-19-49(65-45)24-36-21-35(64-49)17-16-28(4)44(27(3)14-13-15-34-25-58-47-43(53)30(6)20-37(48(54)61-36)50(34,47)55)62-41-23-39(57-11)46(32(8)60-41)63-40-22-38(56-10)42(31(7)59-40)51-33(9)52/h13-16,18-20,26-27,29,31-32,35-47,53,55H,12,17,21-25H2,1-11H3,(H,51,52)/b14-13+,28-16+,34-15+/t26-,27-,29-,31+,32+,35+,36+,37+,38+,39+,40+,41+,42-,43-,44-,45+,46-,47+,49?,50+/m1/s1. The van der Waals surface area contributed by atoms with E-state index in [0.717, 1.165) is 12.0 Å². The summed E-state index contributed by atoms with van der Waals surface area (Å²) in [6, 6.07) is -0.315. The second-order valence-electron chi connectivity index (χ2n) is 19.7. The van der Waals surface area contributed by atoms with Gasteiger partial charge in [0, 0.05) is 58.7 Å². The fraction of sp³-hybridized carbons (Fsp3) is 0.760. The highest BCUT2D eigenvalue weighted by molar-refractivity contribution is 5.78. The van der Waals surface area contributed by atoms with E-state index in [1.165, 1.54) is 6.92 Å². The number of ether oxygens (including phenoxy) is 10. The number of allylic oxidation sites excluding steroid dienone is 2. The largest absolute Gasteiger partial charge is 0.462 e. The highest BCUT2D eigenvalue weighted by Gasteiger charge is 2.60. The van der Waals surface area contributed by atoms with E-state index >= 15 is 0 Å². The lowest BCUT2D eigenvalue weighted by Crippen LogP contribution is -2.58. The fourth-order valence-electron chi connectivity index (χ4n) is 11.0. The van der Waals surface area contributed by atoms with Gasteiger partial charge in [0.2, 0.25) is 5.91 Å². The summed E-state index contributed by atoms with van der Waals surface area (Å²) >= 11 is 0. The molecule has 0 aromatic heterocycles. The minimum absolute atomic E-state index is 0.0270. The molecule has 0 saturated carbocycles. The Labute approximate surface area is 385 Å². The number of amides is 1. The highest BCUT2D eigenvalue weighted by atomic mass is 16.7. The van der Waals surface area contributed by atoms with Gasteiger partial charge in [0.05, 0.1) is 55.4 Å². The summed E-state index contributed by atoms with van der Waals surface area (Å²) in [4.78, 5) is 26.3. The second-order valence-corrected chi connectivity index (χ2v) is 19.7. The summed E-state index contributed by atoms with van der Waals surface area (Å²) < 4.78 is 64.4. The van der Waals surface area contributed by atoms with E-state index in [2.05, 4.69) is 45.2 Å². The number of methoxy groups -OCH3 is 2. The number of fused-ring (bicyclic) bond motifs is 2. The van der Waals surface area contributed by atoms with E-state index < -0.39 is 84.7 Å². The Morgan fingerprint density at radius 1 is 0.938 bits per heavy atom. The Kier molecular flexibility index (Phi) is 16.0. The van der Waals surface area contributed by atoms with Crippen molar-refractivity contribution in [2.24, 2.45) is 23.7 Å². The Morgan fingerprint density at radius 3 is 2.35 bits per heavy atom. The van der Waals surface area contributed by atoms with Crippen molar-refractivity contribution in [3.8, 4) is 0 Å². The van der Waals surface area contributed by atoms with E-state index in [4.69, 9.17) is 47.4 Å². The van der Waals surface area contributed by atoms with Gasteiger partial charge in [-0.1, -0.05) is 70.6 Å². The molecule has 65 heavy (non-hydrogen) atoms. The number of aliphatic hydroxyl groups is 2. The van der Waals surface area contributed by atoms with Crippen LogP contribution in [0.3, 0.4) is 0 Å². The summed E-state index contributed by atoms with van der Waals surface area (Å²) in [5, 5.41) is 26.7. The summed E-state index contributed by atoms with van der Waals surface area (Å²) in [5.74, 6) is -2.75. The van der Waals surface area contributed by atoms with Crippen LogP contribution in [0.2, 0.25) is 0 Å². The van der Waals surface area contributed by atoms with E-state index in [0.29, 0.717) is 36.8 Å². The molecule has 4 fully saturated rings. The van der Waals surface area contributed by atoms with Gasteiger partial charge in [-0.2, -0.15) is 0 Å². The Balaban J connectivity index is 1.16. The molecule has 7 rings (SSSR count). The Morgan fingerprint density at radius 2 is 1.65 bits per heavy atom. The molecule has 3 N–H and O–H groups in total. The van der Waals surface area contributed by atoms with Crippen LogP contribution >= 0.6 is 0 Å². The summed E-state index contributed by atoms with van der Waals surface area (Å²) in [6.07, 6.45) is 9.46. The van der Waals surface area contributed by atoms with Crippen molar-refractivity contribution < 1.29 is 67.2 Å². The van der Waals surface area contributed by atoms with Gasteiger partial charge in [-0.15, -0.1) is 0 Å². The topological polar surface area (TPSA) is 179 Å². The lowest BCUT2D eigenvalue weighted by atomic mass is 9.71. The molecule has 2 bridgehead atoms. The van der Waals surface area contributed by atoms with Crippen LogP contribution in [0, 0.1) is 23.7 Å². The predicted molar refractivity (Wildman–Crippen MR) is 239 cm³/mol. The summed E-state index contributed by atoms with van der Waals surface area (Å²) in [7, 11) is 3.27. The summed E-state index contributed by atoms with van der Waals surface area (Å²) in [5.41, 5.74) is 0.116. The molecule has 20 atom stereocenters. The average Bonchev–Trinajstić information content (AvgIpc) is 3.61. The highest BCUT2D eigenvalue weighted by Crippen LogP contribution is 2.47. The van der Waals surface area contributed by atoms with Crippen LogP contribution < -0.4 is 5.32 Å². The molecule has 0 aromatic carbocycles. The molecule has 7 aliphatic rings. The number of hydrogen-bond donors (Lipinski definition) is 3. The molecule has 1 aliphatic carbocycles. The molecular formula is C50H75NO14. The van der Waals surface area contributed by atoms with Gasteiger partial charge in [0.15, 0.2) is 18.4 Å². The average molecular weight is 914 g/mol. The van der Waals surface area contributed by atoms with Crippen molar-refractivity contribution in [3.05, 3.63) is 59.3 Å². The normalized spacial score (nSPS) is 47.3. The van der Waals surface area contributed by atoms with Gasteiger partial charge in [-0.3, -0.25) is 9.59 Å². The molecule has 364 valence electrons. The quantitative estimate of drug-likeness (QED) is 0.195. The summed E-state index contributed by atoms with van der Waals surface area (Å²) in [6.45, 7) is 17.7. The monoisotopic (exact) mass is 914 g/mol. The molecule has 6 aliphatic heterocycles. The maximum atomic E-state index is 14.4. The van der Waals surface area contributed by atoms with Crippen LogP contribution in [-0.2, 0) is 57.0 Å². The zero-order chi connectivity index (χ0) is 47.0. The van der Waals surface area contributed by atoms with Crippen molar-refractivity contribution in [1.82, 2.24) is 5.32 Å². The first-order valence-corrected chi connectivity index (χ1v) is 23.8. The minimum Gasteiger partial charge on any atom is -0.462 e. The number of hydrogen-bond acceptors (Lipinski definition) is 14. The minimum atomic E-state index is -1.84. The maximum Gasteiger partial charge on any atom is 0.316 e. The lowest BCUT2D eigenvalue weighted by Gasteiger charge is -2.48. The Hall–Kier alpha value is -2.80. The molecular weight excluding hydrogens is 839 g/mol. The predicted octanol–water partition coefficient (Wildman–Crippen LogP) is 5.52. The van der Waals surface area contributed by atoms with Gasteiger partial charge in [-0.05, 0) is 62.8 Å².